The summed E-state index contributed by atoms with van der Waals surface area (Å²) in [4.78, 5) is 0. The number of aryl methyl sites for hydroxylation is 1. The Morgan fingerprint density at radius 3 is 2.80 bits per heavy atom. The molecule has 0 aromatic heterocycles. The summed E-state index contributed by atoms with van der Waals surface area (Å²) < 4.78 is 0. The highest BCUT2D eigenvalue weighted by Gasteiger charge is 2.00. The molecule has 3 N–H and O–H groups in total. The van der Waals surface area contributed by atoms with Crippen molar-refractivity contribution < 1.29 is 0 Å². The molecule has 0 atom stereocenters. The number of nitrogens with one attached hydrogen (secondary N) is 1. The molecule has 0 unspecified atom stereocenters. The smallest absolute Gasteiger partial charge is 0.0439 e. The summed E-state index contributed by atoms with van der Waals surface area (Å²) >= 11 is 6.06. The first kappa shape index (κ1) is 12.3. The minimum Gasteiger partial charge on any atom is -0.399 e. The predicted molar refractivity (Wildman–Crippen MR) is 67.3 cm³/mol. The summed E-state index contributed by atoms with van der Waals surface area (Å²) in [7, 11) is 0. The zero-order chi connectivity index (χ0) is 11.3. The van der Waals surface area contributed by atoms with Gasteiger partial charge in [-0.3, -0.25) is 0 Å². The number of hydrogen-bond acceptors (Lipinski definition) is 2. The second-order valence-corrected chi connectivity index (χ2v) is 4.47. The van der Waals surface area contributed by atoms with Crippen LogP contribution in [0.2, 0.25) is 5.02 Å². The fraction of sp³-hybridized carbons (Fsp3) is 0.500. The molecule has 0 fully saturated rings. The van der Waals surface area contributed by atoms with Crippen LogP contribution in [-0.2, 0) is 6.42 Å². The Balaban J connectivity index is 2.40. The Morgan fingerprint density at radius 1 is 1.40 bits per heavy atom. The molecule has 0 amide bonds. The van der Waals surface area contributed by atoms with Gasteiger partial charge in [0, 0.05) is 16.8 Å². The van der Waals surface area contributed by atoms with E-state index in [9.17, 15) is 0 Å². The lowest BCUT2D eigenvalue weighted by atomic mass is 10.1. The number of hydrogen-bond donors (Lipinski definition) is 2. The van der Waals surface area contributed by atoms with Crippen LogP contribution < -0.4 is 11.1 Å². The fourth-order valence-electron chi connectivity index (χ4n) is 1.46. The van der Waals surface area contributed by atoms with Gasteiger partial charge in [0.25, 0.3) is 0 Å². The van der Waals surface area contributed by atoms with Gasteiger partial charge in [-0.1, -0.05) is 25.4 Å². The third-order valence-corrected chi connectivity index (χ3v) is 2.61. The van der Waals surface area contributed by atoms with E-state index in [1.165, 1.54) is 0 Å². The van der Waals surface area contributed by atoms with Gasteiger partial charge in [-0.05, 0) is 43.1 Å². The quantitative estimate of drug-likeness (QED) is 0.599. The molecule has 0 heterocycles. The maximum absolute atomic E-state index is 6.06. The van der Waals surface area contributed by atoms with Crippen molar-refractivity contribution in [3.63, 3.8) is 0 Å². The number of benzene rings is 1. The van der Waals surface area contributed by atoms with Crippen LogP contribution in [0.3, 0.4) is 0 Å². The summed E-state index contributed by atoms with van der Waals surface area (Å²) in [5.41, 5.74) is 7.63. The normalized spacial score (nSPS) is 10.9. The topological polar surface area (TPSA) is 38.0 Å². The molecule has 84 valence electrons. The number of anilines is 1. The lowest BCUT2D eigenvalue weighted by Crippen LogP contribution is -2.23. The van der Waals surface area contributed by atoms with E-state index in [2.05, 4.69) is 19.2 Å². The lowest BCUT2D eigenvalue weighted by Gasteiger charge is -2.09. The SMILES string of the molecule is CC(C)NCCCc1cc(N)ccc1Cl. The van der Waals surface area contributed by atoms with Gasteiger partial charge >= 0.3 is 0 Å². The maximum atomic E-state index is 6.06. The van der Waals surface area contributed by atoms with Crippen molar-refractivity contribution in [2.45, 2.75) is 32.7 Å². The van der Waals surface area contributed by atoms with Gasteiger partial charge in [0.15, 0.2) is 0 Å². The van der Waals surface area contributed by atoms with E-state index in [1.54, 1.807) is 0 Å². The molecule has 0 aliphatic carbocycles. The first-order valence-electron chi connectivity index (χ1n) is 5.37. The van der Waals surface area contributed by atoms with Crippen molar-refractivity contribution in [3.05, 3.63) is 28.8 Å². The van der Waals surface area contributed by atoms with Crippen LogP contribution in [0, 0.1) is 0 Å². The van der Waals surface area contributed by atoms with E-state index in [1.807, 2.05) is 18.2 Å². The molecule has 0 aliphatic rings. The molecule has 1 aromatic carbocycles. The highest BCUT2D eigenvalue weighted by molar-refractivity contribution is 6.31. The summed E-state index contributed by atoms with van der Waals surface area (Å²) in [6, 6.07) is 6.19. The first-order valence-corrected chi connectivity index (χ1v) is 5.74. The van der Waals surface area contributed by atoms with Crippen LogP contribution in [0.4, 0.5) is 5.69 Å². The Hall–Kier alpha value is -0.730. The summed E-state index contributed by atoms with van der Waals surface area (Å²) in [5.74, 6) is 0. The maximum Gasteiger partial charge on any atom is 0.0439 e. The van der Waals surface area contributed by atoms with Gasteiger partial charge in [-0.15, -0.1) is 0 Å². The molecule has 0 radical (unpaired) electrons. The largest absolute Gasteiger partial charge is 0.399 e. The molecule has 0 saturated carbocycles. The molecule has 2 nitrogen and oxygen atoms in total. The van der Waals surface area contributed by atoms with E-state index in [-0.39, 0.29) is 0 Å². The van der Waals surface area contributed by atoms with Crippen LogP contribution in [0.15, 0.2) is 18.2 Å². The molecule has 15 heavy (non-hydrogen) atoms. The Kier molecular flexibility index (Phi) is 4.92. The van der Waals surface area contributed by atoms with Crippen molar-refractivity contribution in [2.24, 2.45) is 0 Å². The van der Waals surface area contributed by atoms with E-state index < -0.39 is 0 Å². The molecule has 3 heteroatoms. The average molecular weight is 227 g/mol. The Bertz CT molecular complexity index is 310. The van der Waals surface area contributed by atoms with Crippen molar-refractivity contribution in [1.82, 2.24) is 5.32 Å². The van der Waals surface area contributed by atoms with Crippen LogP contribution in [-0.4, -0.2) is 12.6 Å². The first-order chi connectivity index (χ1) is 7.09. The molecular formula is C12H19ClN2. The molecular weight excluding hydrogens is 208 g/mol. The fourth-order valence-corrected chi connectivity index (χ4v) is 1.67. The zero-order valence-electron chi connectivity index (χ0n) is 9.39. The van der Waals surface area contributed by atoms with Gasteiger partial charge < -0.3 is 11.1 Å². The standard InChI is InChI=1S/C12H19ClN2/c1-9(2)15-7-3-4-10-8-11(14)5-6-12(10)13/h5-6,8-9,15H,3-4,7,14H2,1-2H3. The number of nitrogens with two attached hydrogens (primary N) is 1. The molecule has 1 rings (SSSR count). The lowest BCUT2D eigenvalue weighted by molar-refractivity contribution is 0.570. The van der Waals surface area contributed by atoms with Crippen LogP contribution in [0.5, 0.6) is 0 Å². The van der Waals surface area contributed by atoms with Crippen molar-refractivity contribution in [3.8, 4) is 0 Å². The van der Waals surface area contributed by atoms with Crippen molar-refractivity contribution in [2.75, 3.05) is 12.3 Å². The van der Waals surface area contributed by atoms with Crippen molar-refractivity contribution in [1.29, 1.82) is 0 Å². The number of rotatable bonds is 5. The summed E-state index contributed by atoms with van der Waals surface area (Å²) in [6.07, 6.45) is 2.06. The number of halogens is 1. The zero-order valence-corrected chi connectivity index (χ0v) is 10.1. The van der Waals surface area contributed by atoms with Gasteiger partial charge in [0.2, 0.25) is 0 Å². The molecule has 0 bridgehead atoms. The second kappa shape index (κ2) is 5.99. The third-order valence-electron chi connectivity index (χ3n) is 2.25. The molecule has 0 aliphatic heterocycles. The number of nitrogen functional groups attached to an aromatic ring is 1. The van der Waals surface area contributed by atoms with Crippen LogP contribution in [0.25, 0.3) is 0 Å². The average Bonchev–Trinajstić information content (AvgIpc) is 2.17. The second-order valence-electron chi connectivity index (χ2n) is 4.06. The Morgan fingerprint density at radius 2 is 2.13 bits per heavy atom. The van der Waals surface area contributed by atoms with Crippen LogP contribution >= 0.6 is 11.6 Å². The van der Waals surface area contributed by atoms with Crippen molar-refractivity contribution >= 4 is 17.3 Å². The van der Waals surface area contributed by atoms with Gasteiger partial charge in [-0.2, -0.15) is 0 Å². The minimum absolute atomic E-state index is 0.543. The van der Waals surface area contributed by atoms with Gasteiger partial charge in [0.1, 0.15) is 0 Å². The monoisotopic (exact) mass is 226 g/mol. The van der Waals surface area contributed by atoms with E-state index in [0.29, 0.717) is 6.04 Å². The minimum atomic E-state index is 0.543. The van der Waals surface area contributed by atoms with E-state index in [4.69, 9.17) is 17.3 Å². The highest BCUT2D eigenvalue weighted by atomic mass is 35.5. The summed E-state index contributed by atoms with van der Waals surface area (Å²) in [6.45, 7) is 5.31. The molecule has 0 spiro atoms. The molecule has 1 aromatic rings. The Labute approximate surface area is 96.8 Å². The summed E-state index contributed by atoms with van der Waals surface area (Å²) in [5, 5.41) is 4.19. The predicted octanol–water partition coefficient (Wildman–Crippen LogP) is 2.85. The van der Waals surface area contributed by atoms with E-state index >= 15 is 0 Å². The van der Waals surface area contributed by atoms with Gasteiger partial charge in [0.05, 0.1) is 0 Å². The highest BCUT2D eigenvalue weighted by Crippen LogP contribution is 2.19. The van der Waals surface area contributed by atoms with Gasteiger partial charge in [-0.25, -0.2) is 0 Å². The third kappa shape index (κ3) is 4.54. The molecule has 0 saturated heterocycles. The van der Waals surface area contributed by atoms with E-state index in [0.717, 1.165) is 35.7 Å². The van der Waals surface area contributed by atoms with Crippen LogP contribution in [0.1, 0.15) is 25.8 Å².